The van der Waals surface area contributed by atoms with E-state index in [0.717, 1.165) is 0 Å². The van der Waals surface area contributed by atoms with Crippen molar-refractivity contribution in [2.24, 2.45) is 5.73 Å². The molecule has 0 aliphatic heterocycles. The van der Waals surface area contributed by atoms with Crippen LogP contribution in [0.4, 0.5) is 5.69 Å². The summed E-state index contributed by atoms with van der Waals surface area (Å²) in [5.74, 6) is -1.21. The number of aryl methyl sites for hydroxylation is 1. The van der Waals surface area contributed by atoms with Gasteiger partial charge in [0, 0.05) is 22.6 Å². The molecule has 6 nitrogen and oxygen atoms in total. The molecule has 0 heterocycles. The number of carbonyl (C=O) groups is 1. The molecule has 0 aromatic heterocycles. The lowest BCUT2D eigenvalue weighted by atomic mass is 10.0. The second-order valence-electron chi connectivity index (χ2n) is 3.64. The highest BCUT2D eigenvalue weighted by molar-refractivity contribution is 6.30. The Labute approximate surface area is 114 Å². The Hall–Kier alpha value is -1.37. The molecule has 3 N–H and O–H groups in total. The van der Waals surface area contributed by atoms with Crippen LogP contribution in [0, 0.1) is 17.0 Å². The van der Waals surface area contributed by atoms with Crippen molar-refractivity contribution in [1.82, 2.24) is 0 Å². The van der Waals surface area contributed by atoms with Crippen LogP contribution >= 0.6 is 24.0 Å². The number of benzene rings is 1. The minimum atomic E-state index is -1.21. The number of nitro benzene ring substituents is 1. The van der Waals surface area contributed by atoms with Crippen LogP contribution in [0.3, 0.4) is 0 Å². The molecule has 0 amide bonds. The van der Waals surface area contributed by atoms with Gasteiger partial charge in [-0.1, -0.05) is 11.6 Å². The maximum Gasteiger partial charge on any atom is 0.320 e. The highest BCUT2D eigenvalue weighted by Gasteiger charge is 2.22. The van der Waals surface area contributed by atoms with Crippen LogP contribution < -0.4 is 5.73 Å². The van der Waals surface area contributed by atoms with Crippen LogP contribution in [0.15, 0.2) is 12.1 Å². The fourth-order valence-corrected chi connectivity index (χ4v) is 1.84. The van der Waals surface area contributed by atoms with Crippen molar-refractivity contribution in [2.75, 3.05) is 0 Å². The van der Waals surface area contributed by atoms with Gasteiger partial charge >= 0.3 is 5.97 Å². The summed E-state index contributed by atoms with van der Waals surface area (Å²) < 4.78 is 0. The Morgan fingerprint density at radius 3 is 2.61 bits per heavy atom. The molecule has 1 rings (SSSR count). The zero-order valence-corrected chi connectivity index (χ0v) is 11.0. The Balaban J connectivity index is 0.00000289. The van der Waals surface area contributed by atoms with Gasteiger partial charge in [-0.25, -0.2) is 0 Å². The van der Waals surface area contributed by atoms with Gasteiger partial charge in [0.2, 0.25) is 0 Å². The van der Waals surface area contributed by atoms with Crippen LogP contribution in [-0.2, 0) is 11.2 Å². The van der Waals surface area contributed by atoms with Gasteiger partial charge in [0.1, 0.15) is 6.04 Å². The molecule has 0 spiro atoms. The van der Waals surface area contributed by atoms with E-state index >= 15 is 0 Å². The second-order valence-corrected chi connectivity index (χ2v) is 4.07. The minimum Gasteiger partial charge on any atom is -0.480 e. The molecular weight excluding hydrogens is 283 g/mol. The number of carboxylic acids is 1. The minimum absolute atomic E-state index is 0. The van der Waals surface area contributed by atoms with Gasteiger partial charge in [0.25, 0.3) is 5.69 Å². The smallest absolute Gasteiger partial charge is 0.320 e. The van der Waals surface area contributed by atoms with Crippen LogP contribution in [0.1, 0.15) is 11.1 Å². The summed E-state index contributed by atoms with van der Waals surface area (Å²) in [4.78, 5) is 20.9. The number of nitrogens with zero attached hydrogens (tertiary/aromatic N) is 1. The monoisotopic (exact) mass is 294 g/mol. The summed E-state index contributed by atoms with van der Waals surface area (Å²) >= 11 is 5.78. The predicted molar refractivity (Wildman–Crippen MR) is 69.4 cm³/mol. The molecule has 0 fully saturated rings. The van der Waals surface area contributed by atoms with Crippen molar-refractivity contribution >= 4 is 35.7 Å². The van der Waals surface area contributed by atoms with E-state index in [2.05, 4.69) is 0 Å². The Kier molecular flexibility index (Phi) is 6.04. The van der Waals surface area contributed by atoms with Crippen molar-refractivity contribution in [1.29, 1.82) is 0 Å². The van der Waals surface area contributed by atoms with Gasteiger partial charge < -0.3 is 10.8 Å². The third kappa shape index (κ3) is 3.83. The largest absolute Gasteiger partial charge is 0.480 e. The average molecular weight is 295 g/mol. The summed E-state index contributed by atoms with van der Waals surface area (Å²) in [6.45, 7) is 1.54. The number of nitrogens with two attached hydrogens (primary N) is 1. The number of carboxylic acid groups (broad SMARTS) is 1. The lowest BCUT2D eigenvalue weighted by molar-refractivity contribution is -0.386. The summed E-state index contributed by atoms with van der Waals surface area (Å²) in [5.41, 5.74) is 5.83. The summed E-state index contributed by atoms with van der Waals surface area (Å²) in [7, 11) is 0. The van der Waals surface area contributed by atoms with Gasteiger partial charge in [-0.05, 0) is 19.1 Å². The van der Waals surface area contributed by atoms with Crippen molar-refractivity contribution in [3.63, 3.8) is 0 Å². The zero-order valence-electron chi connectivity index (χ0n) is 9.42. The van der Waals surface area contributed by atoms with E-state index < -0.39 is 16.9 Å². The molecule has 0 saturated heterocycles. The molecule has 8 heteroatoms. The Morgan fingerprint density at radius 2 is 2.17 bits per heavy atom. The molecule has 1 atom stereocenters. The summed E-state index contributed by atoms with van der Waals surface area (Å²) in [5, 5.41) is 19.9. The van der Waals surface area contributed by atoms with E-state index in [1.807, 2.05) is 0 Å². The molecule has 0 aliphatic rings. The van der Waals surface area contributed by atoms with Gasteiger partial charge in [-0.2, -0.15) is 0 Å². The van der Waals surface area contributed by atoms with Crippen LogP contribution in [-0.4, -0.2) is 22.0 Å². The first-order valence-electron chi connectivity index (χ1n) is 4.74. The lowest BCUT2D eigenvalue weighted by Crippen LogP contribution is -2.32. The SMILES string of the molecule is Cc1cc(Cl)cc(CC(N)C(=O)O)c1[N+](=O)[O-].Cl. The lowest BCUT2D eigenvalue weighted by Gasteiger charge is -2.09. The van der Waals surface area contributed by atoms with Crippen LogP contribution in [0.25, 0.3) is 0 Å². The van der Waals surface area contributed by atoms with E-state index in [9.17, 15) is 14.9 Å². The first kappa shape index (κ1) is 16.6. The van der Waals surface area contributed by atoms with E-state index in [1.165, 1.54) is 12.1 Å². The van der Waals surface area contributed by atoms with Gasteiger partial charge in [-0.15, -0.1) is 12.4 Å². The second kappa shape index (κ2) is 6.53. The number of hydrogen-bond donors (Lipinski definition) is 2. The predicted octanol–water partition coefficient (Wildman–Crippen LogP) is 1.93. The quantitative estimate of drug-likeness (QED) is 0.652. The van der Waals surface area contributed by atoms with E-state index in [-0.39, 0.29) is 30.1 Å². The number of hydrogen-bond acceptors (Lipinski definition) is 4. The molecule has 0 radical (unpaired) electrons. The molecule has 1 unspecified atom stereocenters. The van der Waals surface area contributed by atoms with E-state index in [0.29, 0.717) is 10.6 Å². The molecule has 0 saturated carbocycles. The Morgan fingerprint density at radius 1 is 1.61 bits per heavy atom. The van der Waals surface area contributed by atoms with Crippen molar-refractivity contribution in [3.8, 4) is 0 Å². The molecular formula is C10H12Cl2N2O4. The van der Waals surface area contributed by atoms with Crippen molar-refractivity contribution in [2.45, 2.75) is 19.4 Å². The third-order valence-corrected chi connectivity index (χ3v) is 2.50. The molecule has 18 heavy (non-hydrogen) atoms. The highest BCUT2D eigenvalue weighted by Crippen LogP contribution is 2.28. The number of nitro groups is 1. The fraction of sp³-hybridized carbons (Fsp3) is 0.300. The van der Waals surface area contributed by atoms with Crippen molar-refractivity contribution in [3.05, 3.63) is 38.4 Å². The molecule has 1 aromatic rings. The van der Waals surface area contributed by atoms with Gasteiger partial charge in [0.15, 0.2) is 0 Å². The van der Waals surface area contributed by atoms with Crippen LogP contribution in [0.2, 0.25) is 5.02 Å². The normalized spacial score (nSPS) is 11.5. The average Bonchev–Trinajstić information content (AvgIpc) is 2.14. The van der Waals surface area contributed by atoms with E-state index in [4.69, 9.17) is 22.4 Å². The molecule has 1 aromatic carbocycles. The number of rotatable bonds is 4. The topological polar surface area (TPSA) is 106 Å². The van der Waals surface area contributed by atoms with E-state index in [1.54, 1.807) is 6.92 Å². The summed E-state index contributed by atoms with van der Waals surface area (Å²) in [6.07, 6.45) is -0.132. The van der Waals surface area contributed by atoms with Crippen molar-refractivity contribution < 1.29 is 14.8 Å². The number of aliphatic carboxylic acids is 1. The first-order valence-corrected chi connectivity index (χ1v) is 5.12. The third-order valence-electron chi connectivity index (χ3n) is 2.28. The maximum absolute atomic E-state index is 10.9. The fourth-order valence-electron chi connectivity index (χ4n) is 1.55. The Bertz CT molecular complexity index is 479. The van der Waals surface area contributed by atoms with Crippen LogP contribution in [0.5, 0.6) is 0 Å². The summed E-state index contributed by atoms with van der Waals surface area (Å²) in [6, 6.07) is 1.64. The first-order chi connectivity index (χ1) is 7.82. The molecule has 0 aliphatic carbocycles. The van der Waals surface area contributed by atoms with Gasteiger partial charge in [-0.3, -0.25) is 14.9 Å². The molecule has 0 bridgehead atoms. The number of halogens is 2. The maximum atomic E-state index is 10.9. The highest BCUT2D eigenvalue weighted by atomic mass is 35.5. The molecule has 100 valence electrons. The zero-order chi connectivity index (χ0) is 13.2. The van der Waals surface area contributed by atoms with Gasteiger partial charge in [0.05, 0.1) is 4.92 Å². The standard InChI is InChI=1S/C10H11ClN2O4.ClH/c1-5-2-7(11)3-6(9(5)13(16)17)4-8(12)10(14)15;/h2-3,8H,4,12H2,1H3,(H,14,15);1H.